The standard InChI is InChI=1S/C12H13BrN6/c1-2-19-8-3-4-15-5-7(8)17-12(19)10-11(14)16-6-9(13)18-10/h3-8H,2H2,1H3,(H2,14,16). The van der Waals surface area contributed by atoms with Crippen LogP contribution >= 0.6 is 15.9 Å². The van der Waals surface area contributed by atoms with Crippen LogP contribution in [0.15, 0.2) is 33.1 Å². The number of halogens is 1. The van der Waals surface area contributed by atoms with Crippen LogP contribution in [0.2, 0.25) is 0 Å². The van der Waals surface area contributed by atoms with E-state index in [1.807, 2.05) is 12.3 Å². The van der Waals surface area contributed by atoms with Gasteiger partial charge in [-0.05, 0) is 28.9 Å². The number of nitrogens with two attached hydrogens (primary N) is 1. The molecule has 98 valence electrons. The Morgan fingerprint density at radius 2 is 2.32 bits per heavy atom. The summed E-state index contributed by atoms with van der Waals surface area (Å²) in [6.45, 7) is 2.91. The van der Waals surface area contributed by atoms with Gasteiger partial charge in [-0.2, -0.15) is 0 Å². The molecule has 1 aromatic heterocycles. The molecule has 7 heteroatoms. The second-order valence-electron chi connectivity index (χ2n) is 4.29. The van der Waals surface area contributed by atoms with E-state index in [1.165, 1.54) is 0 Å². The van der Waals surface area contributed by atoms with E-state index in [-0.39, 0.29) is 12.1 Å². The number of aromatic nitrogens is 2. The number of hydrogen-bond donors (Lipinski definition) is 1. The Bertz CT molecular complexity index is 594. The molecule has 2 unspecified atom stereocenters. The number of amidine groups is 1. The first-order chi connectivity index (χ1) is 9.20. The van der Waals surface area contributed by atoms with Crippen molar-refractivity contribution in [3.63, 3.8) is 0 Å². The van der Waals surface area contributed by atoms with Gasteiger partial charge in [0.15, 0.2) is 11.7 Å². The van der Waals surface area contributed by atoms with E-state index in [1.54, 1.807) is 12.4 Å². The maximum Gasteiger partial charge on any atom is 0.155 e. The molecule has 2 aliphatic rings. The van der Waals surface area contributed by atoms with Crippen LogP contribution in [0, 0.1) is 0 Å². The van der Waals surface area contributed by atoms with Crippen molar-refractivity contribution >= 4 is 33.8 Å². The van der Waals surface area contributed by atoms with Gasteiger partial charge in [0, 0.05) is 19.0 Å². The zero-order valence-corrected chi connectivity index (χ0v) is 11.9. The van der Waals surface area contributed by atoms with Crippen molar-refractivity contribution < 1.29 is 0 Å². The molecule has 2 N–H and O–H groups in total. The summed E-state index contributed by atoms with van der Waals surface area (Å²) in [5.41, 5.74) is 6.54. The van der Waals surface area contributed by atoms with Crippen molar-refractivity contribution in [2.75, 3.05) is 12.3 Å². The van der Waals surface area contributed by atoms with Crippen molar-refractivity contribution in [3.05, 3.63) is 28.8 Å². The third-order valence-corrected chi connectivity index (χ3v) is 3.57. The molecule has 0 saturated heterocycles. The molecule has 3 heterocycles. The summed E-state index contributed by atoms with van der Waals surface area (Å²) in [5.74, 6) is 1.17. The minimum Gasteiger partial charge on any atom is -0.382 e. The molecule has 2 atom stereocenters. The lowest BCUT2D eigenvalue weighted by Gasteiger charge is -2.26. The van der Waals surface area contributed by atoms with E-state index < -0.39 is 0 Å². The van der Waals surface area contributed by atoms with Crippen molar-refractivity contribution in [2.24, 2.45) is 9.98 Å². The molecule has 0 fully saturated rings. The van der Waals surface area contributed by atoms with Gasteiger partial charge in [0.05, 0.1) is 12.2 Å². The van der Waals surface area contributed by atoms with Crippen LogP contribution in [0.5, 0.6) is 0 Å². The highest BCUT2D eigenvalue weighted by Gasteiger charge is 2.35. The molecule has 0 radical (unpaired) electrons. The highest BCUT2D eigenvalue weighted by Crippen LogP contribution is 2.25. The van der Waals surface area contributed by atoms with E-state index in [4.69, 9.17) is 5.73 Å². The largest absolute Gasteiger partial charge is 0.382 e. The molecule has 0 amide bonds. The lowest BCUT2D eigenvalue weighted by Crippen LogP contribution is -2.40. The predicted molar refractivity (Wildman–Crippen MR) is 78.3 cm³/mol. The van der Waals surface area contributed by atoms with E-state index in [0.717, 1.165) is 12.4 Å². The van der Waals surface area contributed by atoms with Crippen LogP contribution < -0.4 is 5.73 Å². The van der Waals surface area contributed by atoms with Gasteiger partial charge in [-0.1, -0.05) is 0 Å². The first-order valence-electron chi connectivity index (χ1n) is 6.03. The van der Waals surface area contributed by atoms with Crippen molar-refractivity contribution in [1.82, 2.24) is 14.9 Å². The first-order valence-corrected chi connectivity index (χ1v) is 6.83. The molecule has 0 bridgehead atoms. The predicted octanol–water partition coefficient (Wildman–Crippen LogP) is 1.24. The van der Waals surface area contributed by atoms with Crippen LogP contribution in [0.25, 0.3) is 0 Å². The highest BCUT2D eigenvalue weighted by molar-refractivity contribution is 9.10. The molecule has 2 aliphatic heterocycles. The number of likely N-dealkylation sites (N-methyl/N-ethyl adjacent to an activating group) is 1. The second-order valence-corrected chi connectivity index (χ2v) is 5.10. The third-order valence-electron chi connectivity index (χ3n) is 3.19. The van der Waals surface area contributed by atoms with Gasteiger partial charge in [-0.15, -0.1) is 0 Å². The van der Waals surface area contributed by atoms with Crippen LogP contribution in [0.1, 0.15) is 12.6 Å². The lowest BCUT2D eigenvalue weighted by molar-refractivity contribution is 0.394. The van der Waals surface area contributed by atoms with E-state index >= 15 is 0 Å². The Morgan fingerprint density at radius 1 is 1.47 bits per heavy atom. The number of hydrogen-bond acceptors (Lipinski definition) is 6. The van der Waals surface area contributed by atoms with Gasteiger partial charge >= 0.3 is 0 Å². The molecule has 0 aromatic carbocycles. The summed E-state index contributed by atoms with van der Waals surface area (Å²) in [4.78, 5) is 19.5. The fourth-order valence-electron chi connectivity index (χ4n) is 2.33. The van der Waals surface area contributed by atoms with Crippen LogP contribution in [0.3, 0.4) is 0 Å². The van der Waals surface area contributed by atoms with Crippen molar-refractivity contribution in [1.29, 1.82) is 0 Å². The van der Waals surface area contributed by atoms with Gasteiger partial charge in [0.25, 0.3) is 0 Å². The summed E-state index contributed by atoms with van der Waals surface area (Å²) in [5, 5.41) is 0. The zero-order chi connectivity index (χ0) is 13.4. The number of rotatable bonds is 2. The molecule has 0 saturated carbocycles. The molecule has 1 aromatic rings. The van der Waals surface area contributed by atoms with Gasteiger partial charge in [-0.3, -0.25) is 9.98 Å². The summed E-state index contributed by atoms with van der Waals surface area (Å²) in [7, 11) is 0. The molecule has 6 nitrogen and oxygen atoms in total. The topological polar surface area (TPSA) is 79.8 Å². The van der Waals surface area contributed by atoms with Crippen molar-refractivity contribution in [3.8, 4) is 0 Å². The van der Waals surface area contributed by atoms with Gasteiger partial charge in [0.2, 0.25) is 0 Å². The first kappa shape index (κ1) is 12.3. The van der Waals surface area contributed by atoms with Gasteiger partial charge in [0.1, 0.15) is 16.3 Å². The minimum atomic E-state index is 0.0279. The van der Waals surface area contributed by atoms with Gasteiger partial charge < -0.3 is 10.6 Å². The quantitative estimate of drug-likeness (QED) is 0.889. The average Bonchev–Trinajstić information content (AvgIpc) is 2.79. The fourth-order valence-corrected chi connectivity index (χ4v) is 2.61. The highest BCUT2D eigenvalue weighted by atomic mass is 79.9. The second kappa shape index (κ2) is 4.73. The maximum atomic E-state index is 5.92. The number of anilines is 1. The normalized spacial score (nSPS) is 24.5. The molecular formula is C12H13BrN6. The average molecular weight is 321 g/mol. The SMILES string of the molecule is CCN1C(c2nc(Br)cnc2N)=NC2C=NC=CC21. The number of nitrogen functional groups attached to an aromatic ring is 1. The summed E-state index contributed by atoms with van der Waals surface area (Å²) < 4.78 is 0.648. The summed E-state index contributed by atoms with van der Waals surface area (Å²) >= 11 is 3.32. The monoisotopic (exact) mass is 320 g/mol. The Kier molecular flexibility index (Phi) is 3.06. The summed E-state index contributed by atoms with van der Waals surface area (Å²) in [6.07, 6.45) is 7.28. The smallest absolute Gasteiger partial charge is 0.155 e. The zero-order valence-electron chi connectivity index (χ0n) is 10.4. The van der Waals surface area contributed by atoms with Crippen LogP contribution in [-0.2, 0) is 0 Å². The van der Waals surface area contributed by atoms with Crippen LogP contribution in [0.4, 0.5) is 5.82 Å². The van der Waals surface area contributed by atoms with E-state index in [2.05, 4.69) is 47.7 Å². The Hall–Kier alpha value is -1.76. The van der Waals surface area contributed by atoms with Crippen LogP contribution in [-0.4, -0.2) is 45.5 Å². The maximum absolute atomic E-state index is 5.92. The molecule has 19 heavy (non-hydrogen) atoms. The Balaban J connectivity index is 2.06. The number of fused-ring (bicyclic) bond motifs is 1. The molecule has 0 spiro atoms. The Morgan fingerprint density at radius 3 is 3.11 bits per heavy atom. The molecular weight excluding hydrogens is 308 g/mol. The van der Waals surface area contributed by atoms with Gasteiger partial charge in [-0.25, -0.2) is 9.97 Å². The summed E-state index contributed by atoms with van der Waals surface area (Å²) in [6, 6.07) is 0.220. The number of aliphatic imine (C=N–C) groups is 2. The minimum absolute atomic E-state index is 0.0279. The third kappa shape index (κ3) is 2.03. The van der Waals surface area contributed by atoms with E-state index in [9.17, 15) is 0 Å². The fraction of sp³-hybridized carbons (Fsp3) is 0.333. The van der Waals surface area contributed by atoms with E-state index in [0.29, 0.717) is 16.1 Å². The number of nitrogens with zero attached hydrogens (tertiary/aromatic N) is 5. The molecule has 0 aliphatic carbocycles. The van der Waals surface area contributed by atoms with Crippen molar-refractivity contribution in [2.45, 2.75) is 19.0 Å². The Labute approximate surface area is 119 Å². The molecule has 3 rings (SSSR count). The lowest BCUT2D eigenvalue weighted by atomic mass is 10.1.